The number of ether oxygens (including phenoxy) is 2. The van der Waals surface area contributed by atoms with Crippen molar-refractivity contribution < 1.29 is 42.4 Å². The topological polar surface area (TPSA) is 93.1 Å². The summed E-state index contributed by atoms with van der Waals surface area (Å²) in [7, 11) is 0. The van der Waals surface area contributed by atoms with E-state index in [1.165, 1.54) is 6.07 Å². The maximum Gasteiger partial charge on any atom is 0.490 e. The Morgan fingerprint density at radius 2 is 1.71 bits per heavy atom. The van der Waals surface area contributed by atoms with Gasteiger partial charge in [-0.15, -0.1) is 0 Å². The van der Waals surface area contributed by atoms with Crippen LogP contribution in [0.25, 0.3) is 0 Å². The normalized spacial score (nSPS) is 16.0. The monoisotopic (exact) mass is 308 g/mol. The van der Waals surface area contributed by atoms with Gasteiger partial charge < -0.3 is 19.7 Å². The van der Waals surface area contributed by atoms with Gasteiger partial charge in [-0.3, -0.25) is 0 Å². The molecule has 116 valence electrons. The fourth-order valence-corrected chi connectivity index (χ4v) is 1.51. The maximum atomic E-state index is 10.8. The summed E-state index contributed by atoms with van der Waals surface area (Å²) in [6, 6.07) is 3.15. The molecule has 1 aliphatic rings. The van der Waals surface area contributed by atoms with Crippen LogP contribution >= 0.6 is 0 Å². The Labute approximate surface area is 116 Å². The molecule has 2 rings (SSSR count). The van der Waals surface area contributed by atoms with Gasteiger partial charge in [-0.05, 0) is 19.1 Å². The Morgan fingerprint density at radius 3 is 2.14 bits per heavy atom. The third-order valence-corrected chi connectivity index (χ3v) is 2.42. The summed E-state index contributed by atoms with van der Waals surface area (Å²) >= 11 is 0. The molecule has 1 atom stereocenters. The molecule has 0 saturated heterocycles. The first-order valence-corrected chi connectivity index (χ1v) is 5.54. The highest BCUT2D eigenvalue weighted by Gasteiger charge is 2.38. The van der Waals surface area contributed by atoms with Gasteiger partial charge in [0.1, 0.15) is 0 Å². The van der Waals surface area contributed by atoms with Crippen LogP contribution in [0.3, 0.4) is 0 Å². The number of rotatable bonds is 1. The number of carbonyl (C=O) groups is 2. The van der Waals surface area contributed by atoms with Gasteiger partial charge in [-0.2, -0.15) is 13.2 Å². The molecule has 0 spiro atoms. The zero-order valence-corrected chi connectivity index (χ0v) is 10.9. The second kappa shape index (κ2) is 5.90. The molecule has 1 aromatic carbocycles. The van der Waals surface area contributed by atoms with E-state index >= 15 is 0 Å². The maximum absolute atomic E-state index is 10.8. The Bertz CT molecular complexity index is 567. The molecule has 0 aliphatic carbocycles. The third kappa shape index (κ3) is 4.01. The zero-order valence-electron chi connectivity index (χ0n) is 10.9. The number of hydrogen-bond acceptors (Lipinski definition) is 4. The Kier molecular flexibility index (Phi) is 4.66. The minimum Gasteiger partial charge on any atom is -0.478 e. The molecule has 1 aliphatic heterocycles. The van der Waals surface area contributed by atoms with Crippen LogP contribution in [-0.4, -0.2) is 34.6 Å². The Balaban J connectivity index is 0.000000270. The molecule has 0 radical (unpaired) electrons. The molecular weight excluding hydrogens is 297 g/mol. The van der Waals surface area contributed by atoms with E-state index in [1.807, 2.05) is 0 Å². The Morgan fingerprint density at radius 1 is 1.19 bits per heavy atom. The van der Waals surface area contributed by atoms with Crippen molar-refractivity contribution in [1.82, 2.24) is 0 Å². The molecule has 0 bridgehead atoms. The average Bonchev–Trinajstić information content (AvgIpc) is 2.70. The molecule has 1 unspecified atom stereocenters. The van der Waals surface area contributed by atoms with Crippen molar-refractivity contribution in [2.75, 3.05) is 0 Å². The standard InChI is InChI=1S/C10H10O4.C2HF3O2/c1-5-7(10(11)12)3-4-8-9(5)14-6(2)13-8;3-2(4,5)1(6)7/h3-4,6H,1-2H3,(H,11,12);(H,6,7). The lowest BCUT2D eigenvalue weighted by Crippen LogP contribution is -2.21. The average molecular weight is 308 g/mol. The van der Waals surface area contributed by atoms with E-state index in [2.05, 4.69) is 0 Å². The lowest BCUT2D eigenvalue weighted by atomic mass is 10.1. The molecule has 6 nitrogen and oxygen atoms in total. The van der Waals surface area contributed by atoms with Crippen LogP contribution in [0.4, 0.5) is 13.2 Å². The highest BCUT2D eigenvalue weighted by atomic mass is 19.4. The van der Waals surface area contributed by atoms with E-state index in [9.17, 15) is 18.0 Å². The minimum atomic E-state index is -5.08. The third-order valence-electron chi connectivity index (χ3n) is 2.42. The van der Waals surface area contributed by atoms with Crippen molar-refractivity contribution in [3.05, 3.63) is 23.3 Å². The molecule has 21 heavy (non-hydrogen) atoms. The molecule has 2 N–H and O–H groups in total. The van der Waals surface area contributed by atoms with Gasteiger partial charge in [-0.25, -0.2) is 9.59 Å². The first kappa shape index (κ1) is 16.6. The fraction of sp³-hybridized carbons (Fsp3) is 0.333. The van der Waals surface area contributed by atoms with Gasteiger partial charge >= 0.3 is 18.1 Å². The van der Waals surface area contributed by atoms with Crippen molar-refractivity contribution >= 4 is 11.9 Å². The van der Waals surface area contributed by atoms with Gasteiger partial charge in [0.15, 0.2) is 11.5 Å². The first-order valence-electron chi connectivity index (χ1n) is 5.54. The van der Waals surface area contributed by atoms with Crippen LogP contribution in [0.15, 0.2) is 12.1 Å². The summed E-state index contributed by atoms with van der Waals surface area (Å²) in [6.45, 7) is 3.48. The molecule has 1 aromatic rings. The van der Waals surface area contributed by atoms with E-state index in [0.29, 0.717) is 17.1 Å². The summed E-state index contributed by atoms with van der Waals surface area (Å²) in [4.78, 5) is 19.7. The molecule has 1 heterocycles. The van der Waals surface area contributed by atoms with Gasteiger partial charge in [0.05, 0.1) is 5.56 Å². The lowest BCUT2D eigenvalue weighted by molar-refractivity contribution is -0.192. The number of benzene rings is 1. The summed E-state index contributed by atoms with van der Waals surface area (Å²) in [5.74, 6) is -2.56. The van der Waals surface area contributed by atoms with Crippen LogP contribution in [0.2, 0.25) is 0 Å². The molecule has 0 saturated carbocycles. The predicted octanol–water partition coefficient (Wildman–Crippen LogP) is 2.44. The van der Waals surface area contributed by atoms with E-state index in [-0.39, 0.29) is 11.9 Å². The summed E-state index contributed by atoms with van der Waals surface area (Å²) in [5, 5.41) is 16.0. The molecular formula is C12H11F3O6. The van der Waals surface area contributed by atoms with Crippen molar-refractivity contribution in [1.29, 1.82) is 0 Å². The number of alkyl halides is 3. The van der Waals surface area contributed by atoms with Crippen LogP contribution in [0.1, 0.15) is 22.8 Å². The summed E-state index contributed by atoms with van der Waals surface area (Å²) in [6.07, 6.45) is -5.42. The number of fused-ring (bicyclic) bond motifs is 1. The van der Waals surface area contributed by atoms with E-state index < -0.39 is 18.1 Å². The van der Waals surface area contributed by atoms with Gasteiger partial charge in [0.2, 0.25) is 6.29 Å². The minimum absolute atomic E-state index is 0.251. The largest absolute Gasteiger partial charge is 0.490 e. The zero-order chi connectivity index (χ0) is 16.4. The van der Waals surface area contributed by atoms with Crippen LogP contribution in [0, 0.1) is 6.92 Å². The lowest BCUT2D eigenvalue weighted by Gasteiger charge is -2.04. The number of aliphatic carboxylic acids is 1. The highest BCUT2D eigenvalue weighted by molar-refractivity contribution is 5.90. The molecule has 0 amide bonds. The summed E-state index contributed by atoms with van der Waals surface area (Å²) in [5.41, 5.74) is 0.862. The van der Waals surface area contributed by atoms with Crippen molar-refractivity contribution in [2.24, 2.45) is 0 Å². The second-order valence-corrected chi connectivity index (χ2v) is 3.98. The number of carboxylic acids is 2. The van der Waals surface area contributed by atoms with E-state index in [0.717, 1.165) is 0 Å². The summed E-state index contributed by atoms with van der Waals surface area (Å²) < 4.78 is 42.4. The van der Waals surface area contributed by atoms with Gasteiger partial charge in [0, 0.05) is 12.5 Å². The first-order chi connectivity index (χ1) is 9.54. The number of carboxylic acid groups (broad SMARTS) is 2. The van der Waals surface area contributed by atoms with Crippen molar-refractivity contribution in [3.8, 4) is 11.5 Å². The Hall–Kier alpha value is -2.45. The van der Waals surface area contributed by atoms with E-state index in [1.54, 1.807) is 19.9 Å². The second-order valence-electron chi connectivity index (χ2n) is 3.98. The highest BCUT2D eigenvalue weighted by Crippen LogP contribution is 2.38. The number of hydrogen-bond donors (Lipinski definition) is 2. The number of aromatic carboxylic acids is 1. The molecule has 9 heteroatoms. The van der Waals surface area contributed by atoms with Crippen LogP contribution in [0.5, 0.6) is 11.5 Å². The van der Waals surface area contributed by atoms with Gasteiger partial charge in [-0.1, -0.05) is 0 Å². The SMILES string of the molecule is Cc1c(C(=O)O)ccc2c1OC(C)O2.O=C(O)C(F)(F)F. The predicted molar refractivity (Wildman–Crippen MR) is 62.5 cm³/mol. The van der Waals surface area contributed by atoms with Crippen molar-refractivity contribution in [3.63, 3.8) is 0 Å². The molecule has 0 aromatic heterocycles. The van der Waals surface area contributed by atoms with Gasteiger partial charge in [0.25, 0.3) is 0 Å². The van der Waals surface area contributed by atoms with Crippen LogP contribution in [-0.2, 0) is 4.79 Å². The fourth-order valence-electron chi connectivity index (χ4n) is 1.51. The van der Waals surface area contributed by atoms with Crippen LogP contribution < -0.4 is 9.47 Å². The smallest absolute Gasteiger partial charge is 0.478 e. The number of halogens is 3. The van der Waals surface area contributed by atoms with Crippen molar-refractivity contribution in [2.45, 2.75) is 26.3 Å². The molecule has 0 fully saturated rings. The quantitative estimate of drug-likeness (QED) is 0.827. The van der Waals surface area contributed by atoms with E-state index in [4.69, 9.17) is 24.5 Å².